The average molecular weight is 525 g/mol. The predicted octanol–water partition coefficient (Wildman–Crippen LogP) is 3.75. The van der Waals surface area contributed by atoms with E-state index in [4.69, 9.17) is 14.2 Å². The van der Waals surface area contributed by atoms with E-state index < -0.39 is 36.3 Å². The number of hydrogen-bond acceptors (Lipinski definition) is 8. The number of unbranched alkanes of at least 4 members (excludes halogenated alkanes) is 1. The fourth-order valence-corrected chi connectivity index (χ4v) is 3.70. The van der Waals surface area contributed by atoms with Crippen molar-refractivity contribution >= 4 is 41.1 Å². The molecule has 3 rings (SSSR count). The minimum absolute atomic E-state index is 0.0451. The number of carbonyl (C=O) groups is 5. The molecule has 1 atom stereocenters. The summed E-state index contributed by atoms with van der Waals surface area (Å²) in [6.45, 7) is 4.17. The lowest BCUT2D eigenvalue weighted by molar-refractivity contribution is -0.151. The third kappa shape index (κ3) is 7.89. The van der Waals surface area contributed by atoms with Gasteiger partial charge >= 0.3 is 17.9 Å². The zero-order valence-corrected chi connectivity index (χ0v) is 21.6. The largest absolute Gasteiger partial charge is 0.462 e. The first-order valence-electron chi connectivity index (χ1n) is 12.6. The smallest absolute Gasteiger partial charge is 0.338 e. The van der Waals surface area contributed by atoms with E-state index in [0.29, 0.717) is 35.7 Å². The second-order valence-corrected chi connectivity index (χ2v) is 8.81. The lowest BCUT2D eigenvalue weighted by atomic mass is 10.1. The van der Waals surface area contributed by atoms with Gasteiger partial charge in [0.2, 0.25) is 5.91 Å². The highest BCUT2D eigenvalue weighted by Crippen LogP contribution is 2.26. The zero-order chi connectivity index (χ0) is 27.5. The summed E-state index contributed by atoms with van der Waals surface area (Å²) in [6.07, 6.45) is 2.38. The number of amides is 2. The van der Waals surface area contributed by atoms with E-state index in [2.05, 4.69) is 5.32 Å². The van der Waals surface area contributed by atoms with Crippen LogP contribution in [-0.4, -0.2) is 56.1 Å². The van der Waals surface area contributed by atoms with Crippen LogP contribution < -0.4 is 10.2 Å². The molecule has 1 saturated heterocycles. The second-order valence-electron chi connectivity index (χ2n) is 8.81. The second kappa shape index (κ2) is 13.9. The number of anilines is 2. The number of hydrogen-bond donors (Lipinski definition) is 1. The quantitative estimate of drug-likeness (QED) is 0.253. The predicted molar refractivity (Wildman–Crippen MR) is 139 cm³/mol. The highest BCUT2D eigenvalue weighted by molar-refractivity contribution is 6.00. The van der Waals surface area contributed by atoms with Crippen LogP contribution in [0.15, 0.2) is 48.5 Å². The highest BCUT2D eigenvalue weighted by atomic mass is 16.5. The summed E-state index contributed by atoms with van der Waals surface area (Å²) in [7, 11) is 0. The number of carbonyl (C=O) groups excluding carboxylic acids is 5. The monoisotopic (exact) mass is 524 g/mol. The summed E-state index contributed by atoms with van der Waals surface area (Å²) < 4.78 is 15.4. The molecule has 1 fully saturated rings. The van der Waals surface area contributed by atoms with E-state index in [1.807, 2.05) is 13.8 Å². The molecule has 0 radical (unpaired) electrons. The minimum atomic E-state index is -0.720. The zero-order valence-electron chi connectivity index (χ0n) is 21.6. The third-order valence-electron chi connectivity index (χ3n) is 5.79. The van der Waals surface area contributed by atoms with Gasteiger partial charge in [-0.15, -0.1) is 0 Å². The van der Waals surface area contributed by atoms with E-state index in [0.717, 1.165) is 19.3 Å². The average Bonchev–Trinajstić information content (AvgIpc) is 3.32. The van der Waals surface area contributed by atoms with Crippen LogP contribution in [0.2, 0.25) is 0 Å². The summed E-state index contributed by atoms with van der Waals surface area (Å²) in [5, 5.41) is 2.59. The molecule has 1 N–H and O–H groups in total. The van der Waals surface area contributed by atoms with Crippen molar-refractivity contribution in [1.29, 1.82) is 0 Å². The minimum Gasteiger partial charge on any atom is -0.462 e. The molecule has 0 unspecified atom stereocenters. The molecule has 0 bridgehead atoms. The van der Waals surface area contributed by atoms with Crippen molar-refractivity contribution in [3.8, 4) is 0 Å². The Bertz CT molecular complexity index is 1140. The summed E-state index contributed by atoms with van der Waals surface area (Å²) in [5.74, 6) is -3.06. The van der Waals surface area contributed by atoms with Gasteiger partial charge in [-0.2, -0.15) is 0 Å². The van der Waals surface area contributed by atoms with Crippen molar-refractivity contribution in [1.82, 2.24) is 0 Å². The first-order chi connectivity index (χ1) is 18.3. The molecular weight excluding hydrogens is 492 g/mol. The van der Waals surface area contributed by atoms with Crippen LogP contribution in [0.1, 0.15) is 60.2 Å². The van der Waals surface area contributed by atoms with E-state index in [9.17, 15) is 24.0 Å². The topological polar surface area (TPSA) is 128 Å². The van der Waals surface area contributed by atoms with Crippen LogP contribution in [0.3, 0.4) is 0 Å². The Morgan fingerprint density at radius 1 is 0.842 bits per heavy atom. The van der Waals surface area contributed by atoms with Gasteiger partial charge in [0.15, 0.2) is 6.61 Å². The molecule has 202 valence electrons. The van der Waals surface area contributed by atoms with Gasteiger partial charge in [-0.05, 0) is 61.4 Å². The number of nitrogens with one attached hydrogen (secondary N) is 1. The lowest BCUT2D eigenvalue weighted by Crippen LogP contribution is -2.28. The molecule has 0 spiro atoms. The normalized spacial score (nSPS) is 14.6. The first kappa shape index (κ1) is 28.4. The van der Waals surface area contributed by atoms with Crippen LogP contribution in [-0.2, 0) is 28.6 Å². The number of ether oxygens (including phenoxy) is 3. The Kier molecular flexibility index (Phi) is 10.4. The summed E-state index contributed by atoms with van der Waals surface area (Å²) in [6, 6.07) is 12.6. The van der Waals surface area contributed by atoms with Crippen molar-refractivity contribution in [2.45, 2.75) is 39.5 Å². The fraction of sp³-hybridized carbons (Fsp3) is 0.393. The van der Waals surface area contributed by atoms with Crippen LogP contribution in [0, 0.1) is 5.92 Å². The molecule has 2 aromatic carbocycles. The summed E-state index contributed by atoms with van der Waals surface area (Å²) in [4.78, 5) is 62.6. The van der Waals surface area contributed by atoms with Gasteiger partial charge < -0.3 is 24.4 Å². The molecule has 2 amide bonds. The number of benzene rings is 2. The number of esters is 3. The van der Waals surface area contributed by atoms with E-state index in [-0.39, 0.29) is 18.9 Å². The van der Waals surface area contributed by atoms with Gasteiger partial charge in [-0.25, -0.2) is 9.59 Å². The molecule has 38 heavy (non-hydrogen) atoms. The third-order valence-corrected chi connectivity index (χ3v) is 5.79. The molecule has 1 aliphatic rings. The van der Waals surface area contributed by atoms with Crippen molar-refractivity contribution in [2.75, 3.05) is 36.6 Å². The van der Waals surface area contributed by atoms with Crippen LogP contribution in [0.4, 0.5) is 11.4 Å². The van der Waals surface area contributed by atoms with Gasteiger partial charge in [0.05, 0.1) is 30.3 Å². The van der Waals surface area contributed by atoms with Crippen molar-refractivity contribution in [3.63, 3.8) is 0 Å². The van der Waals surface area contributed by atoms with Crippen molar-refractivity contribution in [2.24, 2.45) is 5.92 Å². The standard InChI is InChI=1S/C28H32N2O8/c1-3-5-15-37-27(34)19-6-10-22(11-7-19)29-24(31)18-38-28(35)21-16-25(32)30(17-21)23-12-8-20(9-13-23)26(33)36-14-4-2/h6-13,21H,3-5,14-18H2,1-2H3,(H,29,31)/t21-/m1/s1. The Labute approximate surface area is 221 Å². The Morgan fingerprint density at radius 3 is 2.05 bits per heavy atom. The van der Waals surface area contributed by atoms with Gasteiger partial charge in [-0.1, -0.05) is 20.3 Å². The first-order valence-corrected chi connectivity index (χ1v) is 12.6. The molecule has 0 saturated carbocycles. The Morgan fingerprint density at radius 2 is 1.45 bits per heavy atom. The highest BCUT2D eigenvalue weighted by Gasteiger charge is 2.36. The number of nitrogens with zero attached hydrogens (tertiary/aromatic N) is 1. The van der Waals surface area contributed by atoms with Gasteiger partial charge in [0.25, 0.3) is 5.91 Å². The van der Waals surface area contributed by atoms with Crippen LogP contribution in [0.5, 0.6) is 0 Å². The maximum atomic E-state index is 12.5. The molecule has 10 heteroatoms. The summed E-state index contributed by atoms with van der Waals surface area (Å²) >= 11 is 0. The maximum absolute atomic E-state index is 12.5. The van der Waals surface area contributed by atoms with E-state index >= 15 is 0 Å². The lowest BCUT2D eigenvalue weighted by Gasteiger charge is -2.17. The fourth-order valence-electron chi connectivity index (χ4n) is 3.70. The molecule has 1 aliphatic heterocycles. The van der Waals surface area contributed by atoms with Crippen molar-refractivity contribution in [3.05, 3.63) is 59.7 Å². The van der Waals surface area contributed by atoms with Crippen molar-refractivity contribution < 1.29 is 38.2 Å². The molecule has 10 nitrogen and oxygen atoms in total. The Hall–Kier alpha value is -4.21. The van der Waals surface area contributed by atoms with Crippen LogP contribution in [0.25, 0.3) is 0 Å². The number of rotatable bonds is 12. The van der Waals surface area contributed by atoms with Gasteiger partial charge in [0, 0.05) is 24.3 Å². The molecule has 2 aromatic rings. The Balaban J connectivity index is 1.45. The van der Waals surface area contributed by atoms with Crippen LogP contribution >= 0.6 is 0 Å². The van der Waals surface area contributed by atoms with E-state index in [1.54, 1.807) is 36.4 Å². The SMILES string of the molecule is CCCCOC(=O)c1ccc(NC(=O)COC(=O)[C@@H]2CC(=O)N(c3ccc(C(=O)OCCC)cc3)C2)cc1. The van der Waals surface area contributed by atoms with E-state index in [1.165, 1.54) is 17.0 Å². The molecule has 0 aromatic heterocycles. The summed E-state index contributed by atoms with van der Waals surface area (Å²) in [5.41, 5.74) is 1.72. The maximum Gasteiger partial charge on any atom is 0.338 e. The van der Waals surface area contributed by atoms with Gasteiger partial charge in [0.1, 0.15) is 0 Å². The molecule has 0 aliphatic carbocycles. The molecular formula is C28H32N2O8. The van der Waals surface area contributed by atoms with Gasteiger partial charge in [-0.3, -0.25) is 14.4 Å². The molecule has 1 heterocycles.